The summed E-state index contributed by atoms with van der Waals surface area (Å²) in [6.07, 6.45) is 1.18. The molecule has 1 aromatic carbocycles. The Balaban J connectivity index is 2.42. The van der Waals surface area contributed by atoms with Crippen LogP contribution >= 0.6 is 0 Å². The number of carbonyl (C=O) groups is 1. The van der Waals surface area contributed by atoms with Gasteiger partial charge < -0.3 is 10.1 Å². The minimum atomic E-state index is -0.601. The molecule has 0 atom stereocenters. The normalized spacial score (nSPS) is 10.9. The number of rotatable bonds is 6. The van der Waals surface area contributed by atoms with Gasteiger partial charge >= 0.3 is 11.7 Å². The van der Waals surface area contributed by atoms with E-state index in [1.54, 1.807) is 24.3 Å². The van der Waals surface area contributed by atoms with Gasteiger partial charge in [-0.05, 0) is 32.9 Å². The molecule has 1 heterocycles. The number of ether oxygens (including phenoxy) is 1. The first kappa shape index (κ1) is 19.1. The average Bonchev–Trinajstić information content (AvgIpc) is 2.59. The topological polar surface area (TPSA) is 131 Å². The molecule has 0 amide bonds. The Kier molecular flexibility index (Phi) is 5.68. The molecule has 26 heavy (non-hydrogen) atoms. The van der Waals surface area contributed by atoms with Crippen molar-refractivity contribution in [3.05, 3.63) is 46.3 Å². The first-order valence-corrected chi connectivity index (χ1v) is 7.70. The number of nitrogens with zero attached hydrogens (tertiary/aromatic N) is 3. The molecule has 0 saturated carbocycles. The van der Waals surface area contributed by atoms with Crippen LogP contribution in [0.15, 0.2) is 30.6 Å². The average molecular weight is 360 g/mol. The molecule has 0 fully saturated rings. The largest absolute Gasteiger partial charge is 0.465 e. The maximum absolute atomic E-state index is 11.9. The third kappa shape index (κ3) is 4.63. The minimum absolute atomic E-state index is 0.00188. The van der Waals surface area contributed by atoms with Gasteiger partial charge in [-0.15, -0.1) is 0 Å². The van der Waals surface area contributed by atoms with E-state index in [0.717, 1.165) is 0 Å². The zero-order valence-electron chi connectivity index (χ0n) is 14.9. The molecule has 2 aromatic rings. The number of methoxy groups -OCH3 is 1. The van der Waals surface area contributed by atoms with Crippen LogP contribution in [0.5, 0.6) is 0 Å². The lowest BCUT2D eigenvalue weighted by atomic mass is 10.1. The Labute approximate surface area is 150 Å². The molecule has 0 aliphatic rings. The monoisotopic (exact) mass is 360 g/mol. The van der Waals surface area contributed by atoms with Gasteiger partial charge in [0.25, 0.3) is 0 Å². The molecule has 3 N–H and O–H groups in total. The molecule has 10 nitrogen and oxygen atoms in total. The lowest BCUT2D eigenvalue weighted by Crippen LogP contribution is -2.40. The number of hydrogen-bond acceptors (Lipinski definition) is 9. The van der Waals surface area contributed by atoms with Crippen molar-refractivity contribution >= 4 is 29.0 Å². The van der Waals surface area contributed by atoms with E-state index < -0.39 is 10.9 Å². The van der Waals surface area contributed by atoms with Gasteiger partial charge in [0.1, 0.15) is 6.33 Å². The number of carbonyl (C=O) groups excluding carboxylic acids is 1. The van der Waals surface area contributed by atoms with Crippen LogP contribution in [0.3, 0.4) is 0 Å². The van der Waals surface area contributed by atoms with Gasteiger partial charge in [-0.3, -0.25) is 15.5 Å². The number of nitro groups is 1. The second kappa shape index (κ2) is 7.74. The van der Waals surface area contributed by atoms with E-state index in [1.165, 1.54) is 13.4 Å². The summed E-state index contributed by atoms with van der Waals surface area (Å²) in [4.78, 5) is 30.7. The van der Waals surface area contributed by atoms with Crippen molar-refractivity contribution in [2.45, 2.75) is 26.3 Å². The third-order valence-electron chi connectivity index (χ3n) is 3.15. The third-order valence-corrected chi connectivity index (χ3v) is 3.15. The molecule has 0 spiro atoms. The SMILES string of the molecule is COC(=O)c1ccccc1Nc1ncnc(NNC(C)(C)C)c1[N+](=O)[O-]. The fraction of sp³-hybridized carbons (Fsp3) is 0.312. The van der Waals surface area contributed by atoms with E-state index in [-0.39, 0.29) is 28.4 Å². The van der Waals surface area contributed by atoms with E-state index in [2.05, 4.69) is 26.1 Å². The van der Waals surface area contributed by atoms with Gasteiger partial charge in [0.05, 0.1) is 23.3 Å². The number of esters is 1. The van der Waals surface area contributed by atoms with Crippen molar-refractivity contribution in [3.63, 3.8) is 0 Å². The summed E-state index contributed by atoms with van der Waals surface area (Å²) < 4.78 is 4.72. The summed E-state index contributed by atoms with van der Waals surface area (Å²) in [5.74, 6) is -0.630. The first-order chi connectivity index (χ1) is 12.2. The molecule has 1 aromatic heterocycles. The number of anilines is 3. The molecular formula is C16H20N6O4. The molecule has 0 unspecified atom stereocenters. The van der Waals surface area contributed by atoms with Crippen LogP contribution in [-0.4, -0.2) is 33.5 Å². The predicted molar refractivity (Wildman–Crippen MR) is 96.3 cm³/mol. The van der Waals surface area contributed by atoms with Gasteiger partial charge in [-0.25, -0.2) is 20.2 Å². The summed E-state index contributed by atoms with van der Waals surface area (Å²) in [7, 11) is 1.26. The highest BCUT2D eigenvalue weighted by Gasteiger charge is 2.25. The van der Waals surface area contributed by atoms with Crippen molar-refractivity contribution in [3.8, 4) is 0 Å². The molecule has 0 aliphatic carbocycles. The Morgan fingerprint density at radius 3 is 2.46 bits per heavy atom. The zero-order chi connectivity index (χ0) is 19.3. The number of hydrazine groups is 1. The Morgan fingerprint density at radius 1 is 1.19 bits per heavy atom. The second-order valence-electron chi connectivity index (χ2n) is 6.34. The van der Waals surface area contributed by atoms with Crippen molar-refractivity contribution in [2.24, 2.45) is 0 Å². The van der Waals surface area contributed by atoms with E-state index in [1.807, 2.05) is 20.8 Å². The smallest absolute Gasteiger partial charge is 0.354 e. The lowest BCUT2D eigenvalue weighted by molar-refractivity contribution is -0.383. The standard InChI is InChI=1S/C16H20N6O4/c1-16(2,3)21-20-14-12(22(24)25)13(17-9-18-14)19-11-8-6-5-7-10(11)15(23)26-4/h5-9,21H,1-4H3,(H2,17,18,19,20). The van der Waals surface area contributed by atoms with Gasteiger partial charge in [-0.1, -0.05) is 12.1 Å². The number of benzene rings is 1. The molecule has 0 radical (unpaired) electrons. The number of aromatic nitrogens is 2. The summed E-state index contributed by atoms with van der Waals surface area (Å²) in [6.45, 7) is 5.66. The summed E-state index contributed by atoms with van der Waals surface area (Å²) in [6, 6.07) is 6.48. The van der Waals surface area contributed by atoms with Gasteiger partial charge in [0.15, 0.2) is 0 Å². The summed E-state index contributed by atoms with van der Waals surface area (Å²) in [5, 5.41) is 14.4. The van der Waals surface area contributed by atoms with Crippen LogP contribution in [-0.2, 0) is 4.74 Å². The van der Waals surface area contributed by atoms with E-state index in [0.29, 0.717) is 5.69 Å². The Hall–Kier alpha value is -3.27. The highest BCUT2D eigenvalue weighted by atomic mass is 16.6. The van der Waals surface area contributed by atoms with Gasteiger partial charge in [0.2, 0.25) is 11.6 Å². The molecule has 0 aliphatic heterocycles. The van der Waals surface area contributed by atoms with Crippen molar-refractivity contribution in [2.75, 3.05) is 17.9 Å². The van der Waals surface area contributed by atoms with Crippen molar-refractivity contribution < 1.29 is 14.5 Å². The zero-order valence-corrected chi connectivity index (χ0v) is 14.9. The Bertz CT molecular complexity index is 819. The van der Waals surface area contributed by atoms with Crippen LogP contribution in [0.2, 0.25) is 0 Å². The lowest BCUT2D eigenvalue weighted by Gasteiger charge is -2.21. The van der Waals surface area contributed by atoms with Crippen LogP contribution in [0, 0.1) is 10.1 Å². The molecule has 0 bridgehead atoms. The van der Waals surface area contributed by atoms with Crippen LogP contribution in [0.1, 0.15) is 31.1 Å². The summed E-state index contributed by atoms with van der Waals surface area (Å²) in [5.41, 5.74) is 5.51. The fourth-order valence-electron chi connectivity index (χ4n) is 1.99. The van der Waals surface area contributed by atoms with Crippen LogP contribution < -0.4 is 16.2 Å². The van der Waals surface area contributed by atoms with Crippen LogP contribution in [0.4, 0.5) is 23.0 Å². The maximum atomic E-state index is 11.9. The van der Waals surface area contributed by atoms with Crippen molar-refractivity contribution in [1.29, 1.82) is 0 Å². The van der Waals surface area contributed by atoms with Gasteiger partial charge in [-0.2, -0.15) is 0 Å². The predicted octanol–water partition coefficient (Wildman–Crippen LogP) is 2.63. The minimum Gasteiger partial charge on any atom is -0.465 e. The van der Waals surface area contributed by atoms with E-state index >= 15 is 0 Å². The number of para-hydroxylation sites is 1. The molecule has 0 saturated heterocycles. The molecule has 138 valence electrons. The molecule has 2 rings (SSSR count). The van der Waals surface area contributed by atoms with Gasteiger partial charge in [0, 0.05) is 5.54 Å². The molecular weight excluding hydrogens is 340 g/mol. The molecule has 10 heteroatoms. The maximum Gasteiger partial charge on any atom is 0.354 e. The van der Waals surface area contributed by atoms with Crippen LogP contribution in [0.25, 0.3) is 0 Å². The highest BCUT2D eigenvalue weighted by Crippen LogP contribution is 2.32. The number of hydrogen-bond donors (Lipinski definition) is 3. The van der Waals surface area contributed by atoms with E-state index in [4.69, 9.17) is 4.74 Å². The highest BCUT2D eigenvalue weighted by molar-refractivity contribution is 5.96. The fourth-order valence-corrected chi connectivity index (χ4v) is 1.99. The first-order valence-electron chi connectivity index (χ1n) is 7.70. The Morgan fingerprint density at radius 2 is 1.85 bits per heavy atom. The summed E-state index contributed by atoms with van der Waals surface area (Å²) >= 11 is 0. The second-order valence-corrected chi connectivity index (χ2v) is 6.34. The van der Waals surface area contributed by atoms with Crippen molar-refractivity contribution in [1.82, 2.24) is 15.4 Å². The van der Waals surface area contributed by atoms with E-state index in [9.17, 15) is 14.9 Å². The number of nitrogens with one attached hydrogen (secondary N) is 3. The quantitative estimate of drug-likeness (QED) is 0.404.